The van der Waals surface area contributed by atoms with E-state index in [1.54, 1.807) is 23.1 Å². The summed E-state index contributed by atoms with van der Waals surface area (Å²) in [7, 11) is 0. The number of carbonyl (C=O) groups excluding carboxylic acids is 2. The van der Waals surface area contributed by atoms with E-state index in [1.165, 1.54) is 18.5 Å². The van der Waals surface area contributed by atoms with Crippen molar-refractivity contribution in [2.45, 2.75) is 19.3 Å². The molecule has 0 atom stereocenters. The third kappa shape index (κ3) is 4.23. The van der Waals surface area contributed by atoms with Gasteiger partial charge in [-0.3, -0.25) is 14.6 Å². The highest BCUT2D eigenvalue weighted by Gasteiger charge is 2.25. The third-order valence-corrected chi connectivity index (χ3v) is 5.64. The number of piperidine rings is 1. The third-order valence-electron chi connectivity index (χ3n) is 5.64. The molecule has 0 aliphatic carbocycles. The molecule has 2 aliphatic rings. The summed E-state index contributed by atoms with van der Waals surface area (Å²) in [4.78, 5) is 35.3. The zero-order valence-electron chi connectivity index (χ0n) is 16.4. The Labute approximate surface area is 169 Å². The molecule has 0 unspecified atom stereocenters. The number of anilines is 1. The predicted molar refractivity (Wildman–Crippen MR) is 109 cm³/mol. The molecule has 0 radical (unpaired) electrons. The zero-order valence-corrected chi connectivity index (χ0v) is 16.4. The number of pyridine rings is 1. The van der Waals surface area contributed by atoms with Crippen molar-refractivity contribution in [3.05, 3.63) is 59.7 Å². The van der Waals surface area contributed by atoms with Gasteiger partial charge in [0.05, 0.1) is 16.8 Å². The number of nitrogens with zero attached hydrogens (tertiary/aromatic N) is 4. The maximum absolute atomic E-state index is 14.0. The van der Waals surface area contributed by atoms with Gasteiger partial charge < -0.3 is 14.7 Å². The van der Waals surface area contributed by atoms with Crippen LogP contribution >= 0.6 is 0 Å². The zero-order chi connectivity index (χ0) is 20.2. The van der Waals surface area contributed by atoms with E-state index in [0.29, 0.717) is 43.0 Å². The van der Waals surface area contributed by atoms with Crippen LogP contribution in [0.15, 0.2) is 42.7 Å². The Balaban J connectivity index is 1.41. The van der Waals surface area contributed by atoms with Crippen LogP contribution in [0.5, 0.6) is 0 Å². The van der Waals surface area contributed by atoms with Gasteiger partial charge in [-0.25, -0.2) is 4.39 Å². The lowest BCUT2D eigenvalue weighted by Crippen LogP contribution is -2.49. The molecule has 1 aromatic heterocycles. The lowest BCUT2D eigenvalue weighted by molar-refractivity contribution is 0.0723. The summed E-state index contributed by atoms with van der Waals surface area (Å²) in [6, 6.07) is 8.33. The fraction of sp³-hybridized carbons (Fsp3) is 0.409. The van der Waals surface area contributed by atoms with Crippen molar-refractivity contribution in [1.29, 1.82) is 0 Å². The van der Waals surface area contributed by atoms with Gasteiger partial charge >= 0.3 is 0 Å². The first-order valence-electron chi connectivity index (χ1n) is 10.2. The highest BCUT2D eigenvalue weighted by atomic mass is 19.1. The van der Waals surface area contributed by atoms with Crippen molar-refractivity contribution in [3.63, 3.8) is 0 Å². The minimum absolute atomic E-state index is 0.0591. The van der Waals surface area contributed by atoms with E-state index in [2.05, 4.69) is 4.98 Å². The molecule has 29 heavy (non-hydrogen) atoms. The molecule has 0 saturated carbocycles. The number of amides is 2. The van der Waals surface area contributed by atoms with Gasteiger partial charge in [-0.2, -0.15) is 0 Å². The van der Waals surface area contributed by atoms with Gasteiger partial charge in [0.25, 0.3) is 11.8 Å². The fourth-order valence-electron chi connectivity index (χ4n) is 3.99. The Bertz CT molecular complexity index is 890. The van der Waals surface area contributed by atoms with Gasteiger partial charge in [0, 0.05) is 51.7 Å². The Morgan fingerprint density at radius 1 is 0.793 bits per heavy atom. The lowest BCUT2D eigenvalue weighted by atomic mass is 10.1. The summed E-state index contributed by atoms with van der Waals surface area (Å²) in [5.74, 6) is -0.449. The molecule has 152 valence electrons. The average molecular weight is 396 g/mol. The minimum atomic E-state index is -0.250. The Kier molecular flexibility index (Phi) is 5.74. The quantitative estimate of drug-likeness (QED) is 0.801. The Morgan fingerprint density at radius 3 is 2.00 bits per heavy atom. The molecule has 7 heteroatoms. The van der Waals surface area contributed by atoms with Crippen LogP contribution < -0.4 is 4.90 Å². The molecule has 2 aliphatic heterocycles. The molecule has 2 saturated heterocycles. The molecule has 3 heterocycles. The Morgan fingerprint density at radius 2 is 1.38 bits per heavy atom. The first-order valence-corrected chi connectivity index (χ1v) is 10.2. The van der Waals surface area contributed by atoms with Crippen molar-refractivity contribution in [2.75, 3.05) is 44.2 Å². The highest BCUT2D eigenvalue weighted by Crippen LogP contribution is 2.21. The Hall–Kier alpha value is -2.96. The summed E-state index contributed by atoms with van der Waals surface area (Å²) in [6.45, 7) is 3.64. The number of benzene rings is 1. The lowest BCUT2D eigenvalue weighted by Gasteiger charge is -2.36. The molecular weight excluding hydrogens is 371 g/mol. The van der Waals surface area contributed by atoms with Crippen molar-refractivity contribution in [3.8, 4) is 0 Å². The summed E-state index contributed by atoms with van der Waals surface area (Å²) in [5.41, 5.74) is 1.45. The van der Waals surface area contributed by atoms with E-state index in [9.17, 15) is 14.0 Å². The van der Waals surface area contributed by atoms with E-state index in [4.69, 9.17) is 0 Å². The summed E-state index contributed by atoms with van der Waals surface area (Å²) in [6.07, 6.45) is 6.23. The predicted octanol–water partition coefficient (Wildman–Crippen LogP) is 2.81. The molecule has 1 aromatic carbocycles. The summed E-state index contributed by atoms with van der Waals surface area (Å²) >= 11 is 0. The van der Waals surface area contributed by atoms with E-state index >= 15 is 0 Å². The molecule has 2 amide bonds. The second-order valence-corrected chi connectivity index (χ2v) is 7.55. The number of likely N-dealkylation sites (tertiary alicyclic amines) is 1. The monoisotopic (exact) mass is 396 g/mol. The van der Waals surface area contributed by atoms with E-state index < -0.39 is 0 Å². The number of carbonyl (C=O) groups is 2. The number of rotatable bonds is 3. The van der Waals surface area contributed by atoms with Crippen LogP contribution in [0, 0.1) is 5.82 Å². The van der Waals surface area contributed by atoms with Crippen LogP contribution in [0.3, 0.4) is 0 Å². The van der Waals surface area contributed by atoms with Crippen LogP contribution in [0.25, 0.3) is 0 Å². The summed E-state index contributed by atoms with van der Waals surface area (Å²) in [5, 5.41) is 0. The standard InChI is InChI=1S/C22H25FN4O2/c23-19-6-2-3-7-20(19)25-10-12-27(13-11-25)22(29)18-14-17(15-24-16-18)21(28)26-8-4-1-5-9-26/h2-3,6-7,14-16H,1,4-5,8-13H2. The van der Waals surface area contributed by atoms with Crippen LogP contribution in [0.1, 0.15) is 40.0 Å². The molecule has 0 N–H and O–H groups in total. The van der Waals surface area contributed by atoms with E-state index in [-0.39, 0.29) is 17.6 Å². The number of hydrogen-bond donors (Lipinski definition) is 0. The number of aromatic nitrogens is 1. The summed E-state index contributed by atoms with van der Waals surface area (Å²) < 4.78 is 14.0. The normalized spacial score (nSPS) is 17.3. The van der Waals surface area contributed by atoms with Gasteiger partial charge in [-0.05, 0) is 37.5 Å². The maximum atomic E-state index is 14.0. The largest absolute Gasteiger partial charge is 0.366 e. The molecule has 4 rings (SSSR count). The number of para-hydroxylation sites is 1. The van der Waals surface area contributed by atoms with Crippen LogP contribution in [-0.4, -0.2) is 65.9 Å². The highest BCUT2D eigenvalue weighted by molar-refractivity contribution is 5.99. The topological polar surface area (TPSA) is 56.8 Å². The molecule has 2 aromatic rings. The number of hydrogen-bond acceptors (Lipinski definition) is 4. The molecule has 0 bridgehead atoms. The van der Waals surface area contributed by atoms with Crippen LogP contribution in [-0.2, 0) is 0 Å². The van der Waals surface area contributed by atoms with Crippen LogP contribution in [0.2, 0.25) is 0 Å². The van der Waals surface area contributed by atoms with Gasteiger partial charge in [0.1, 0.15) is 5.82 Å². The fourth-order valence-corrected chi connectivity index (χ4v) is 3.99. The van der Waals surface area contributed by atoms with Crippen molar-refractivity contribution in [1.82, 2.24) is 14.8 Å². The first kappa shape index (κ1) is 19.4. The van der Waals surface area contributed by atoms with Crippen molar-refractivity contribution in [2.24, 2.45) is 0 Å². The minimum Gasteiger partial charge on any atom is -0.366 e. The second-order valence-electron chi connectivity index (χ2n) is 7.55. The molecule has 0 spiro atoms. The molecular formula is C22H25FN4O2. The van der Waals surface area contributed by atoms with Crippen molar-refractivity contribution < 1.29 is 14.0 Å². The van der Waals surface area contributed by atoms with Gasteiger partial charge in [0.15, 0.2) is 0 Å². The smallest absolute Gasteiger partial charge is 0.255 e. The molecule has 2 fully saturated rings. The van der Waals surface area contributed by atoms with Crippen molar-refractivity contribution >= 4 is 17.5 Å². The molecule has 6 nitrogen and oxygen atoms in total. The maximum Gasteiger partial charge on any atom is 0.255 e. The average Bonchev–Trinajstić information content (AvgIpc) is 2.79. The van der Waals surface area contributed by atoms with Gasteiger partial charge in [0.2, 0.25) is 0 Å². The van der Waals surface area contributed by atoms with E-state index in [0.717, 1.165) is 32.4 Å². The van der Waals surface area contributed by atoms with Gasteiger partial charge in [-0.15, -0.1) is 0 Å². The van der Waals surface area contributed by atoms with Crippen LogP contribution in [0.4, 0.5) is 10.1 Å². The van der Waals surface area contributed by atoms with E-state index in [1.807, 2.05) is 15.9 Å². The second kappa shape index (κ2) is 8.59. The number of piperazine rings is 1. The SMILES string of the molecule is O=C(c1cncc(C(=O)N2CCN(c3ccccc3F)CC2)c1)N1CCCCC1. The number of halogens is 1. The first-order chi connectivity index (χ1) is 14.1. The van der Waals surface area contributed by atoms with Gasteiger partial charge in [-0.1, -0.05) is 12.1 Å².